The van der Waals surface area contributed by atoms with E-state index in [0.717, 1.165) is 65.4 Å². The van der Waals surface area contributed by atoms with E-state index in [1.807, 2.05) is 18.5 Å². The highest BCUT2D eigenvalue weighted by molar-refractivity contribution is 6.13. The van der Waals surface area contributed by atoms with Crippen LogP contribution in [0.5, 0.6) is 5.75 Å². The van der Waals surface area contributed by atoms with E-state index in [0.29, 0.717) is 12.1 Å². The number of nitrogens with zero attached hydrogens (tertiary/aromatic N) is 3. The number of fused-ring (bicyclic) bond motifs is 3. The predicted molar refractivity (Wildman–Crippen MR) is 135 cm³/mol. The number of aromatic amines is 1. The Morgan fingerprint density at radius 3 is 2.71 bits per heavy atom. The lowest BCUT2D eigenvalue weighted by atomic mass is 9.89. The summed E-state index contributed by atoms with van der Waals surface area (Å²) in [5.74, 6) is 0.758. The first-order chi connectivity index (χ1) is 16.8. The second-order valence-electron chi connectivity index (χ2n) is 9.38. The van der Waals surface area contributed by atoms with Crippen molar-refractivity contribution in [3.05, 3.63) is 48.9 Å². The minimum absolute atomic E-state index is 0.485. The molecule has 0 bridgehead atoms. The third-order valence-corrected chi connectivity index (χ3v) is 7.39. The summed E-state index contributed by atoms with van der Waals surface area (Å²) in [5.41, 5.74) is 5.32. The standard InChI is InChI=1S/C27H31N5O2/c1-33-22-14-19(16-28-17-22)18-2-7-24-23(15-18)26-25(8-9-29-27(26)31-24)30-20-3-5-21(6-4-20)32-10-12-34-13-11-32/h2,7-9,14-17,20-21H,3-6,10-13H2,1H3,(H2,29,30,31)/t20-,21-. The van der Waals surface area contributed by atoms with Crippen molar-refractivity contribution in [3.8, 4) is 16.9 Å². The van der Waals surface area contributed by atoms with Crippen molar-refractivity contribution >= 4 is 27.6 Å². The molecule has 1 aliphatic heterocycles. The molecule has 0 spiro atoms. The fraction of sp³-hybridized carbons (Fsp3) is 0.407. The minimum atomic E-state index is 0.485. The summed E-state index contributed by atoms with van der Waals surface area (Å²) in [6.45, 7) is 3.91. The molecule has 7 nitrogen and oxygen atoms in total. The highest BCUT2D eigenvalue weighted by Gasteiger charge is 2.27. The number of ether oxygens (including phenoxy) is 2. The summed E-state index contributed by atoms with van der Waals surface area (Å²) >= 11 is 0. The van der Waals surface area contributed by atoms with Crippen molar-refractivity contribution in [2.75, 3.05) is 38.7 Å². The van der Waals surface area contributed by atoms with Gasteiger partial charge in [-0.1, -0.05) is 6.07 Å². The Kier molecular flexibility index (Phi) is 5.81. The van der Waals surface area contributed by atoms with Gasteiger partial charge in [0.05, 0.1) is 26.5 Å². The summed E-state index contributed by atoms with van der Waals surface area (Å²) in [6, 6.07) is 11.8. The topological polar surface area (TPSA) is 75.3 Å². The molecule has 0 unspecified atom stereocenters. The zero-order chi connectivity index (χ0) is 22.9. The summed E-state index contributed by atoms with van der Waals surface area (Å²) in [4.78, 5) is 15.1. The van der Waals surface area contributed by atoms with Gasteiger partial charge in [0.25, 0.3) is 0 Å². The van der Waals surface area contributed by atoms with Crippen molar-refractivity contribution < 1.29 is 9.47 Å². The van der Waals surface area contributed by atoms with Gasteiger partial charge in [-0.25, -0.2) is 4.98 Å². The van der Waals surface area contributed by atoms with E-state index in [-0.39, 0.29) is 0 Å². The molecular formula is C27H31N5O2. The average Bonchev–Trinajstić information content (AvgIpc) is 3.28. The Bertz CT molecular complexity index is 1290. The number of H-pyrrole nitrogens is 1. The Hall–Kier alpha value is -3.16. The number of rotatable bonds is 5. The Morgan fingerprint density at radius 1 is 1.03 bits per heavy atom. The summed E-state index contributed by atoms with van der Waals surface area (Å²) in [5, 5.41) is 6.20. The summed E-state index contributed by atoms with van der Waals surface area (Å²) in [6.07, 6.45) is 10.4. The number of anilines is 1. The molecule has 0 amide bonds. The Morgan fingerprint density at radius 2 is 1.88 bits per heavy atom. The van der Waals surface area contributed by atoms with E-state index in [9.17, 15) is 0 Å². The van der Waals surface area contributed by atoms with E-state index >= 15 is 0 Å². The Balaban J connectivity index is 1.27. The third-order valence-electron chi connectivity index (χ3n) is 7.39. The minimum Gasteiger partial charge on any atom is -0.495 e. The summed E-state index contributed by atoms with van der Waals surface area (Å²) in [7, 11) is 1.67. The van der Waals surface area contributed by atoms with Crippen molar-refractivity contribution in [3.63, 3.8) is 0 Å². The van der Waals surface area contributed by atoms with Crippen LogP contribution in [0.25, 0.3) is 33.1 Å². The van der Waals surface area contributed by atoms with Crippen LogP contribution in [0.4, 0.5) is 5.69 Å². The fourth-order valence-electron chi connectivity index (χ4n) is 5.55. The number of aromatic nitrogens is 3. The van der Waals surface area contributed by atoms with Gasteiger partial charge in [0.2, 0.25) is 0 Å². The van der Waals surface area contributed by atoms with E-state index in [4.69, 9.17) is 9.47 Å². The van der Waals surface area contributed by atoms with Crippen molar-refractivity contribution in [1.82, 2.24) is 19.9 Å². The fourth-order valence-corrected chi connectivity index (χ4v) is 5.55. The molecule has 2 fully saturated rings. The number of nitrogens with one attached hydrogen (secondary N) is 2. The van der Waals surface area contributed by atoms with Crippen LogP contribution in [0, 0.1) is 0 Å². The number of benzene rings is 1. The van der Waals surface area contributed by atoms with Crippen LogP contribution in [0.3, 0.4) is 0 Å². The van der Waals surface area contributed by atoms with Crippen LogP contribution >= 0.6 is 0 Å². The molecule has 0 atom stereocenters. The largest absolute Gasteiger partial charge is 0.495 e. The molecule has 3 aromatic heterocycles. The van der Waals surface area contributed by atoms with Crippen molar-refractivity contribution in [2.24, 2.45) is 0 Å². The molecular weight excluding hydrogens is 426 g/mol. The quantitative estimate of drug-likeness (QED) is 0.447. The number of hydrogen-bond donors (Lipinski definition) is 2. The molecule has 4 aromatic rings. The number of pyridine rings is 2. The smallest absolute Gasteiger partial charge is 0.140 e. The lowest BCUT2D eigenvalue weighted by molar-refractivity contribution is 0.00791. The number of morpholine rings is 1. The number of hydrogen-bond acceptors (Lipinski definition) is 6. The monoisotopic (exact) mass is 457 g/mol. The molecule has 34 heavy (non-hydrogen) atoms. The van der Waals surface area contributed by atoms with Crippen molar-refractivity contribution in [2.45, 2.75) is 37.8 Å². The van der Waals surface area contributed by atoms with Gasteiger partial charge in [0.15, 0.2) is 0 Å². The molecule has 4 heterocycles. The summed E-state index contributed by atoms with van der Waals surface area (Å²) < 4.78 is 10.9. The maximum atomic E-state index is 5.53. The lowest BCUT2D eigenvalue weighted by Gasteiger charge is -2.39. The molecule has 176 valence electrons. The normalized spacial score (nSPS) is 21.7. The van der Waals surface area contributed by atoms with Crippen LogP contribution < -0.4 is 10.1 Å². The van der Waals surface area contributed by atoms with Gasteiger partial charge in [-0.05, 0) is 55.5 Å². The van der Waals surface area contributed by atoms with Gasteiger partial charge in [0, 0.05) is 65.1 Å². The third kappa shape index (κ3) is 4.10. The van der Waals surface area contributed by atoms with Gasteiger partial charge in [-0.3, -0.25) is 9.88 Å². The Labute approximate surface area is 199 Å². The van der Waals surface area contributed by atoms with Crippen LogP contribution in [0.15, 0.2) is 48.9 Å². The van der Waals surface area contributed by atoms with Gasteiger partial charge >= 0.3 is 0 Å². The van der Waals surface area contributed by atoms with E-state index in [1.165, 1.54) is 31.1 Å². The highest BCUT2D eigenvalue weighted by atomic mass is 16.5. The SMILES string of the molecule is COc1cncc(-c2ccc3[nH]c4nccc(N[C@H]5CC[C@H](N6CCOCC6)CC5)c4c3c2)c1. The first-order valence-corrected chi connectivity index (χ1v) is 12.3. The molecule has 2 N–H and O–H groups in total. The lowest BCUT2D eigenvalue weighted by Crippen LogP contribution is -2.46. The maximum absolute atomic E-state index is 5.53. The molecule has 1 saturated carbocycles. The molecule has 7 heteroatoms. The molecule has 0 radical (unpaired) electrons. The molecule has 1 aromatic carbocycles. The van der Waals surface area contributed by atoms with Crippen molar-refractivity contribution in [1.29, 1.82) is 0 Å². The first kappa shape index (κ1) is 21.4. The van der Waals surface area contributed by atoms with E-state index < -0.39 is 0 Å². The molecule has 6 rings (SSSR count). The highest BCUT2D eigenvalue weighted by Crippen LogP contribution is 2.35. The van der Waals surface area contributed by atoms with Gasteiger partial charge < -0.3 is 19.8 Å². The average molecular weight is 458 g/mol. The molecule has 2 aliphatic rings. The zero-order valence-corrected chi connectivity index (χ0v) is 19.6. The van der Waals surface area contributed by atoms with E-state index in [2.05, 4.69) is 49.4 Å². The second-order valence-corrected chi connectivity index (χ2v) is 9.38. The molecule has 1 saturated heterocycles. The molecule has 1 aliphatic carbocycles. The first-order valence-electron chi connectivity index (χ1n) is 12.3. The van der Waals surface area contributed by atoms with E-state index in [1.54, 1.807) is 13.3 Å². The van der Waals surface area contributed by atoms with Crippen LogP contribution in [-0.4, -0.2) is 65.3 Å². The van der Waals surface area contributed by atoms with Crippen LogP contribution in [0.1, 0.15) is 25.7 Å². The number of methoxy groups -OCH3 is 1. The predicted octanol–water partition coefficient (Wildman–Crippen LogP) is 4.84. The zero-order valence-electron chi connectivity index (χ0n) is 19.6. The second kappa shape index (κ2) is 9.24. The van der Waals surface area contributed by atoms with Gasteiger partial charge in [0.1, 0.15) is 11.4 Å². The van der Waals surface area contributed by atoms with Crippen LogP contribution in [-0.2, 0) is 4.74 Å². The van der Waals surface area contributed by atoms with Gasteiger partial charge in [-0.15, -0.1) is 0 Å². The maximum Gasteiger partial charge on any atom is 0.140 e. The van der Waals surface area contributed by atoms with Crippen LogP contribution in [0.2, 0.25) is 0 Å². The van der Waals surface area contributed by atoms with Gasteiger partial charge in [-0.2, -0.15) is 0 Å².